The number of benzene rings is 2. The second kappa shape index (κ2) is 13.2. The number of nitrogens with zero attached hydrogens (tertiary/aromatic N) is 2. The Bertz CT molecular complexity index is 1110. The van der Waals surface area contributed by atoms with Crippen molar-refractivity contribution in [3.05, 3.63) is 58.7 Å². The number of rotatable bonds is 11. The molecule has 34 heavy (non-hydrogen) atoms. The van der Waals surface area contributed by atoms with Crippen molar-refractivity contribution in [1.82, 2.24) is 9.47 Å². The van der Waals surface area contributed by atoms with Crippen molar-refractivity contribution >= 4 is 34.2 Å². The first-order chi connectivity index (χ1) is 16.3. The predicted octanol–water partition coefficient (Wildman–Crippen LogP) is 5.79. The van der Waals surface area contributed by atoms with Crippen molar-refractivity contribution in [3.63, 3.8) is 0 Å². The van der Waals surface area contributed by atoms with Crippen LogP contribution in [0.2, 0.25) is 5.02 Å². The molecule has 0 unspecified atom stereocenters. The summed E-state index contributed by atoms with van der Waals surface area (Å²) in [5, 5.41) is 1.49. The highest BCUT2D eigenvalue weighted by Gasteiger charge is 2.22. The fourth-order valence-electron chi connectivity index (χ4n) is 3.93. The number of carbonyl (C=O) groups is 2. The van der Waals surface area contributed by atoms with E-state index in [-0.39, 0.29) is 12.4 Å². The molecule has 0 fully saturated rings. The van der Waals surface area contributed by atoms with Crippen LogP contribution in [-0.4, -0.2) is 47.4 Å². The van der Waals surface area contributed by atoms with Gasteiger partial charge >= 0.3 is 0 Å². The Hall–Kier alpha value is -2.83. The monoisotopic (exact) mass is 485 g/mol. The molecule has 1 heterocycles. The molecule has 2 N–H and O–H groups in total. The summed E-state index contributed by atoms with van der Waals surface area (Å²) >= 11 is 6.09. The minimum Gasteiger partial charge on any atom is -0.484 e. The molecule has 0 aliphatic carbocycles. The second-order valence-electron chi connectivity index (χ2n) is 7.85. The van der Waals surface area contributed by atoms with Crippen LogP contribution < -0.4 is 10.5 Å². The molecular weight excluding hydrogens is 450 g/mol. The van der Waals surface area contributed by atoms with Crippen LogP contribution in [-0.2, 0) is 4.79 Å². The molecule has 6 nitrogen and oxygen atoms in total. The van der Waals surface area contributed by atoms with Crippen molar-refractivity contribution in [2.75, 3.05) is 26.2 Å². The van der Waals surface area contributed by atoms with Gasteiger partial charge in [-0.05, 0) is 62.8 Å². The molecular formula is C27H36ClN3O3. The number of amides is 1. The molecule has 3 rings (SSSR count). The fourth-order valence-corrected chi connectivity index (χ4v) is 4.05. The maximum absolute atomic E-state index is 13.4. The van der Waals surface area contributed by atoms with Gasteiger partial charge in [-0.2, -0.15) is 0 Å². The highest BCUT2D eigenvalue weighted by molar-refractivity contribution is 6.30. The van der Waals surface area contributed by atoms with Crippen LogP contribution in [0.4, 0.5) is 0 Å². The minimum absolute atomic E-state index is 0.0870. The number of unbranched alkanes of at least 4 members (excludes halogenated alkanes) is 1. The Morgan fingerprint density at radius 1 is 1.09 bits per heavy atom. The summed E-state index contributed by atoms with van der Waals surface area (Å²) in [6, 6.07) is 13.0. The Morgan fingerprint density at radius 3 is 2.35 bits per heavy atom. The van der Waals surface area contributed by atoms with Gasteiger partial charge < -0.3 is 15.0 Å². The summed E-state index contributed by atoms with van der Waals surface area (Å²) in [5.41, 5.74) is 8.49. The first-order valence-electron chi connectivity index (χ1n) is 11.9. The van der Waals surface area contributed by atoms with Crippen molar-refractivity contribution in [2.24, 2.45) is 5.73 Å². The molecule has 7 heteroatoms. The van der Waals surface area contributed by atoms with Gasteiger partial charge in [0.2, 0.25) is 0 Å². The lowest BCUT2D eigenvalue weighted by molar-refractivity contribution is -0.119. The SMILES string of the molecule is CC.CCCCN(CC)CC(=O)c1c(C)n(-c2ccc(Cl)cc2)c2cc(OCC(N)=O)ccc12. The van der Waals surface area contributed by atoms with Crippen LogP contribution in [0.25, 0.3) is 16.6 Å². The Labute approximate surface area is 207 Å². The van der Waals surface area contributed by atoms with E-state index >= 15 is 0 Å². The lowest BCUT2D eigenvalue weighted by atomic mass is 10.1. The van der Waals surface area contributed by atoms with Crippen molar-refractivity contribution in [3.8, 4) is 11.4 Å². The van der Waals surface area contributed by atoms with E-state index in [1.54, 1.807) is 6.07 Å². The summed E-state index contributed by atoms with van der Waals surface area (Å²) < 4.78 is 7.55. The number of carbonyl (C=O) groups excluding carboxylic acids is 2. The van der Waals surface area contributed by atoms with E-state index in [0.29, 0.717) is 22.9 Å². The molecule has 184 valence electrons. The Kier molecular flexibility index (Phi) is 10.6. The van der Waals surface area contributed by atoms with Gasteiger partial charge in [-0.25, -0.2) is 0 Å². The number of fused-ring (bicyclic) bond motifs is 1. The molecule has 1 amide bonds. The lowest BCUT2D eigenvalue weighted by Gasteiger charge is -2.19. The molecule has 0 atom stereocenters. The molecule has 0 aliphatic heterocycles. The average molecular weight is 486 g/mol. The van der Waals surface area contributed by atoms with Crippen molar-refractivity contribution in [1.29, 1.82) is 0 Å². The summed E-state index contributed by atoms with van der Waals surface area (Å²) in [6.07, 6.45) is 2.15. The van der Waals surface area contributed by atoms with Crippen LogP contribution >= 0.6 is 11.6 Å². The standard InChI is InChI=1S/C25H30ClN3O3.C2H6/c1-4-6-13-28(5-2)15-23(30)25-17(3)29(19-9-7-18(26)8-10-19)22-14-20(11-12-21(22)25)32-16-24(27)31;1-2/h7-12,14H,4-6,13,15-16H2,1-3H3,(H2,27,31);1-2H3. The molecule has 0 saturated heterocycles. The predicted molar refractivity (Wildman–Crippen MR) is 140 cm³/mol. The van der Waals surface area contributed by atoms with Crippen LogP contribution in [0, 0.1) is 6.92 Å². The number of primary amides is 1. The van der Waals surface area contributed by atoms with E-state index in [1.807, 2.05) is 61.7 Å². The molecule has 0 aliphatic rings. The summed E-state index contributed by atoms with van der Waals surface area (Å²) in [5.74, 6) is 0.0575. The maximum atomic E-state index is 13.4. The third kappa shape index (κ3) is 6.61. The third-order valence-corrected chi connectivity index (χ3v) is 5.82. The summed E-state index contributed by atoms with van der Waals surface area (Å²) in [6.45, 7) is 12.1. The largest absolute Gasteiger partial charge is 0.484 e. The zero-order valence-corrected chi connectivity index (χ0v) is 21.6. The number of nitrogens with two attached hydrogens (primary N) is 1. The number of aromatic nitrogens is 1. The van der Waals surface area contributed by atoms with Crippen molar-refractivity contribution < 1.29 is 14.3 Å². The van der Waals surface area contributed by atoms with Crippen LogP contribution in [0.5, 0.6) is 5.75 Å². The topological polar surface area (TPSA) is 77.6 Å². The smallest absolute Gasteiger partial charge is 0.255 e. The molecule has 2 aromatic carbocycles. The molecule has 0 radical (unpaired) electrons. The zero-order chi connectivity index (χ0) is 25.3. The first kappa shape index (κ1) is 27.4. The number of ether oxygens (including phenoxy) is 1. The number of hydrogen-bond donors (Lipinski definition) is 1. The van der Waals surface area contributed by atoms with E-state index < -0.39 is 5.91 Å². The van der Waals surface area contributed by atoms with Crippen LogP contribution in [0.15, 0.2) is 42.5 Å². The van der Waals surface area contributed by atoms with Gasteiger partial charge in [-0.15, -0.1) is 0 Å². The molecule has 1 aromatic heterocycles. The molecule has 0 bridgehead atoms. The Morgan fingerprint density at radius 2 is 1.76 bits per heavy atom. The van der Waals surface area contributed by atoms with Crippen molar-refractivity contribution in [2.45, 2.75) is 47.5 Å². The van der Waals surface area contributed by atoms with Gasteiger partial charge in [-0.1, -0.05) is 45.7 Å². The third-order valence-electron chi connectivity index (χ3n) is 5.56. The Balaban J connectivity index is 0.00000199. The lowest BCUT2D eigenvalue weighted by Crippen LogP contribution is -2.31. The minimum atomic E-state index is -0.544. The number of Topliss-reactive ketones (excluding diaryl/α,β-unsaturated/α-hetero) is 1. The molecule has 0 saturated carbocycles. The first-order valence-corrected chi connectivity index (χ1v) is 12.3. The van der Waals surface area contributed by atoms with E-state index in [4.69, 9.17) is 22.1 Å². The van der Waals surface area contributed by atoms with Gasteiger partial charge in [0.1, 0.15) is 5.75 Å². The van der Waals surface area contributed by atoms with Gasteiger partial charge in [-0.3, -0.25) is 14.5 Å². The van der Waals surface area contributed by atoms with E-state index in [1.165, 1.54) is 0 Å². The highest BCUT2D eigenvalue weighted by atomic mass is 35.5. The van der Waals surface area contributed by atoms with E-state index in [2.05, 4.69) is 18.7 Å². The van der Waals surface area contributed by atoms with E-state index in [0.717, 1.165) is 48.2 Å². The fraction of sp³-hybridized carbons (Fsp3) is 0.407. The quantitative estimate of drug-likeness (QED) is 0.349. The van der Waals surface area contributed by atoms with Gasteiger partial charge in [0, 0.05) is 33.4 Å². The van der Waals surface area contributed by atoms with Crippen LogP contribution in [0.1, 0.15) is 56.6 Å². The molecule has 0 spiro atoms. The number of halogens is 1. The number of likely N-dealkylation sites (N-methyl/N-ethyl adjacent to an activating group) is 1. The van der Waals surface area contributed by atoms with Crippen LogP contribution in [0.3, 0.4) is 0 Å². The molecule has 3 aromatic rings. The summed E-state index contributed by atoms with van der Waals surface area (Å²) in [4.78, 5) is 26.8. The van der Waals surface area contributed by atoms with Gasteiger partial charge in [0.15, 0.2) is 12.4 Å². The number of hydrogen-bond acceptors (Lipinski definition) is 4. The normalized spacial score (nSPS) is 10.8. The average Bonchev–Trinajstić information content (AvgIpc) is 3.13. The zero-order valence-electron chi connectivity index (χ0n) is 20.9. The van der Waals surface area contributed by atoms with Gasteiger partial charge in [0.05, 0.1) is 12.1 Å². The van der Waals surface area contributed by atoms with E-state index in [9.17, 15) is 9.59 Å². The second-order valence-corrected chi connectivity index (χ2v) is 8.29. The maximum Gasteiger partial charge on any atom is 0.255 e. The highest BCUT2D eigenvalue weighted by Crippen LogP contribution is 2.33. The number of ketones is 1. The summed E-state index contributed by atoms with van der Waals surface area (Å²) in [7, 11) is 0. The van der Waals surface area contributed by atoms with Gasteiger partial charge in [0.25, 0.3) is 5.91 Å².